The first-order valence-corrected chi connectivity index (χ1v) is 6.97. The van der Waals surface area contributed by atoms with E-state index in [1.165, 1.54) is 23.9 Å². The van der Waals surface area contributed by atoms with Gasteiger partial charge in [-0.05, 0) is 38.2 Å². The van der Waals surface area contributed by atoms with Crippen molar-refractivity contribution in [1.29, 1.82) is 0 Å². The number of nitrogens with zero attached hydrogens (tertiary/aromatic N) is 2. The molecule has 0 radical (unpaired) electrons. The summed E-state index contributed by atoms with van der Waals surface area (Å²) < 4.78 is 0. The van der Waals surface area contributed by atoms with Gasteiger partial charge in [0.15, 0.2) is 0 Å². The van der Waals surface area contributed by atoms with E-state index < -0.39 is 4.92 Å². The number of hydrogen-bond donors (Lipinski definition) is 1. The minimum absolute atomic E-state index is 0.102. The molecule has 20 heavy (non-hydrogen) atoms. The van der Waals surface area contributed by atoms with Gasteiger partial charge in [0, 0.05) is 34.2 Å². The fourth-order valence-corrected chi connectivity index (χ4v) is 2.41. The van der Waals surface area contributed by atoms with Crippen molar-refractivity contribution in [1.82, 2.24) is 10.3 Å². The zero-order valence-corrected chi connectivity index (χ0v) is 12.1. The Balaban J connectivity index is 2.08. The van der Waals surface area contributed by atoms with E-state index >= 15 is 0 Å². The van der Waals surface area contributed by atoms with Crippen molar-refractivity contribution in [3.8, 4) is 0 Å². The molecule has 0 aliphatic heterocycles. The molecule has 0 fully saturated rings. The number of non-ortho nitro benzene ring substituents is 1. The summed E-state index contributed by atoms with van der Waals surface area (Å²) >= 11 is 1.53. The van der Waals surface area contributed by atoms with Gasteiger partial charge in [0.1, 0.15) is 0 Å². The van der Waals surface area contributed by atoms with Gasteiger partial charge in [-0.25, -0.2) is 0 Å². The predicted octanol–water partition coefficient (Wildman–Crippen LogP) is 3.42. The summed E-state index contributed by atoms with van der Waals surface area (Å²) in [6.07, 6.45) is 1.81. The third-order valence-electron chi connectivity index (χ3n) is 2.92. The maximum absolute atomic E-state index is 10.6. The van der Waals surface area contributed by atoms with Crippen LogP contribution in [0.1, 0.15) is 18.7 Å². The van der Waals surface area contributed by atoms with E-state index in [4.69, 9.17) is 0 Å². The summed E-state index contributed by atoms with van der Waals surface area (Å²) in [5.74, 6) is 0. The number of nitro groups is 1. The van der Waals surface area contributed by atoms with Crippen LogP contribution in [0.3, 0.4) is 0 Å². The van der Waals surface area contributed by atoms with Crippen LogP contribution in [0.2, 0.25) is 0 Å². The second-order valence-electron chi connectivity index (χ2n) is 4.28. The van der Waals surface area contributed by atoms with Crippen molar-refractivity contribution in [3.05, 3.63) is 58.4 Å². The Bertz CT molecular complexity index is 584. The minimum atomic E-state index is -0.399. The highest BCUT2D eigenvalue weighted by Crippen LogP contribution is 2.28. The van der Waals surface area contributed by atoms with Crippen LogP contribution in [-0.4, -0.2) is 17.0 Å². The standard InChI is InChI=1S/C14H15N3O2S/c1-10(15-2)14-8-7-13(9-16-14)20-12-5-3-11(4-6-12)17(18)19/h3-10,15H,1-2H3. The molecule has 0 amide bonds. The summed E-state index contributed by atoms with van der Waals surface area (Å²) in [4.78, 5) is 16.5. The fraction of sp³-hybridized carbons (Fsp3) is 0.214. The lowest BCUT2D eigenvalue weighted by atomic mass is 10.2. The third-order valence-corrected chi connectivity index (χ3v) is 3.90. The van der Waals surface area contributed by atoms with E-state index in [1.54, 1.807) is 12.1 Å². The average Bonchev–Trinajstić information content (AvgIpc) is 2.48. The first-order valence-electron chi connectivity index (χ1n) is 6.15. The molecule has 0 spiro atoms. The second-order valence-corrected chi connectivity index (χ2v) is 5.43. The maximum Gasteiger partial charge on any atom is 0.269 e. The molecule has 6 heteroatoms. The smallest absolute Gasteiger partial charge is 0.269 e. The molecule has 1 N–H and O–H groups in total. The molecule has 2 rings (SSSR count). The fourth-order valence-electron chi connectivity index (χ4n) is 1.63. The van der Waals surface area contributed by atoms with Crippen LogP contribution in [-0.2, 0) is 0 Å². The molecule has 0 saturated heterocycles. The van der Waals surface area contributed by atoms with Crippen molar-refractivity contribution in [2.45, 2.75) is 22.8 Å². The lowest BCUT2D eigenvalue weighted by Crippen LogP contribution is -2.13. The zero-order valence-electron chi connectivity index (χ0n) is 11.2. The van der Waals surface area contributed by atoms with Crippen molar-refractivity contribution in [3.63, 3.8) is 0 Å². The Morgan fingerprint density at radius 3 is 2.35 bits per heavy atom. The van der Waals surface area contributed by atoms with E-state index in [-0.39, 0.29) is 11.7 Å². The quantitative estimate of drug-likeness (QED) is 0.674. The Kier molecular flexibility index (Phi) is 4.70. The van der Waals surface area contributed by atoms with Crippen LogP contribution in [0.15, 0.2) is 52.4 Å². The molecule has 0 bridgehead atoms. The van der Waals surface area contributed by atoms with Gasteiger partial charge in [0.2, 0.25) is 0 Å². The van der Waals surface area contributed by atoms with Gasteiger partial charge in [0.05, 0.1) is 10.6 Å². The van der Waals surface area contributed by atoms with Crippen LogP contribution >= 0.6 is 11.8 Å². The van der Waals surface area contributed by atoms with E-state index in [9.17, 15) is 10.1 Å². The van der Waals surface area contributed by atoms with E-state index in [0.717, 1.165) is 15.5 Å². The lowest BCUT2D eigenvalue weighted by molar-refractivity contribution is -0.384. The maximum atomic E-state index is 10.6. The summed E-state index contributed by atoms with van der Waals surface area (Å²) in [5.41, 5.74) is 1.09. The molecule has 0 aliphatic carbocycles. The van der Waals surface area contributed by atoms with Gasteiger partial charge in [-0.15, -0.1) is 0 Å². The van der Waals surface area contributed by atoms with Crippen molar-refractivity contribution >= 4 is 17.4 Å². The average molecular weight is 289 g/mol. The number of hydrogen-bond acceptors (Lipinski definition) is 5. The number of nitrogens with one attached hydrogen (secondary N) is 1. The SMILES string of the molecule is CNC(C)c1ccc(Sc2ccc([N+](=O)[O-])cc2)cn1. The number of benzene rings is 1. The largest absolute Gasteiger partial charge is 0.312 e. The molecule has 2 aromatic rings. The number of aromatic nitrogens is 1. The molecule has 1 aromatic heterocycles. The zero-order chi connectivity index (χ0) is 14.5. The molecule has 1 unspecified atom stereocenters. The Morgan fingerprint density at radius 2 is 1.85 bits per heavy atom. The van der Waals surface area contributed by atoms with Gasteiger partial charge in [0.25, 0.3) is 5.69 Å². The number of nitro benzene ring substituents is 1. The van der Waals surface area contributed by atoms with E-state index in [2.05, 4.69) is 10.3 Å². The first-order chi connectivity index (χ1) is 9.60. The molecule has 5 nitrogen and oxygen atoms in total. The van der Waals surface area contributed by atoms with Gasteiger partial charge in [-0.1, -0.05) is 11.8 Å². The molecule has 1 aromatic carbocycles. The summed E-state index contributed by atoms with van der Waals surface area (Å²) in [7, 11) is 1.89. The molecule has 1 heterocycles. The van der Waals surface area contributed by atoms with Gasteiger partial charge in [-0.3, -0.25) is 15.1 Å². The van der Waals surface area contributed by atoms with E-state index in [1.807, 2.05) is 32.3 Å². The normalized spacial score (nSPS) is 12.1. The predicted molar refractivity (Wildman–Crippen MR) is 78.9 cm³/mol. The van der Waals surface area contributed by atoms with Crippen LogP contribution in [0.25, 0.3) is 0 Å². The molecule has 104 valence electrons. The van der Waals surface area contributed by atoms with E-state index in [0.29, 0.717) is 0 Å². The molecular formula is C14H15N3O2S. The summed E-state index contributed by atoms with van der Waals surface area (Å²) in [5, 5.41) is 13.7. The van der Waals surface area contributed by atoms with Crippen molar-refractivity contribution in [2.24, 2.45) is 0 Å². The topological polar surface area (TPSA) is 68.1 Å². The summed E-state index contributed by atoms with van der Waals surface area (Å²) in [6.45, 7) is 2.05. The number of pyridine rings is 1. The van der Waals surface area contributed by atoms with Crippen LogP contribution in [0.4, 0.5) is 5.69 Å². The highest BCUT2D eigenvalue weighted by molar-refractivity contribution is 7.99. The van der Waals surface area contributed by atoms with Gasteiger partial charge < -0.3 is 5.32 Å². The minimum Gasteiger partial charge on any atom is -0.312 e. The Labute approximate surface area is 121 Å². The highest BCUT2D eigenvalue weighted by atomic mass is 32.2. The molecule has 0 aliphatic rings. The first kappa shape index (κ1) is 14.5. The van der Waals surface area contributed by atoms with Crippen LogP contribution < -0.4 is 5.32 Å². The van der Waals surface area contributed by atoms with Crippen LogP contribution in [0, 0.1) is 10.1 Å². The summed E-state index contributed by atoms with van der Waals surface area (Å²) in [6, 6.07) is 10.7. The van der Waals surface area contributed by atoms with Crippen molar-refractivity contribution < 1.29 is 4.92 Å². The monoisotopic (exact) mass is 289 g/mol. The van der Waals surface area contributed by atoms with Gasteiger partial charge >= 0.3 is 0 Å². The van der Waals surface area contributed by atoms with Crippen LogP contribution in [0.5, 0.6) is 0 Å². The molecule has 0 saturated carbocycles. The molecule has 1 atom stereocenters. The van der Waals surface area contributed by atoms with Crippen molar-refractivity contribution in [2.75, 3.05) is 7.05 Å². The Morgan fingerprint density at radius 1 is 1.20 bits per heavy atom. The third kappa shape index (κ3) is 3.55. The Hall–Kier alpha value is -1.92. The molecular weight excluding hydrogens is 274 g/mol. The van der Waals surface area contributed by atoms with Gasteiger partial charge in [-0.2, -0.15) is 0 Å². The second kappa shape index (κ2) is 6.49. The lowest BCUT2D eigenvalue weighted by Gasteiger charge is -2.09. The highest BCUT2D eigenvalue weighted by Gasteiger charge is 2.06. The number of rotatable bonds is 5.